The number of aliphatic hydroxyl groups is 3. The Kier molecular flexibility index (Phi) is 13.5. The molecule has 7 rings (SSSR count). The number of nitrogens with one attached hydrogen (secondary N) is 2. The van der Waals surface area contributed by atoms with Crippen LogP contribution in [0.25, 0.3) is 11.2 Å². The van der Waals surface area contributed by atoms with Crippen molar-refractivity contribution in [2.75, 3.05) is 31.3 Å². The van der Waals surface area contributed by atoms with E-state index in [0.29, 0.717) is 4.57 Å². The lowest BCUT2D eigenvalue weighted by Gasteiger charge is -2.26. The Morgan fingerprint density at radius 1 is 0.781 bits per heavy atom. The number of anilines is 2. The Bertz CT molecular complexity index is 2780. The van der Waals surface area contributed by atoms with Crippen LogP contribution in [0.2, 0.25) is 0 Å². The zero-order valence-corrected chi connectivity index (χ0v) is 35.1. The third kappa shape index (κ3) is 10.3. The van der Waals surface area contributed by atoms with E-state index in [1.165, 1.54) is 13.1 Å². The van der Waals surface area contributed by atoms with Gasteiger partial charge in [0.05, 0.1) is 32.3 Å². The Balaban J connectivity index is 1.08. The molecule has 352 valence electrons. The van der Waals surface area contributed by atoms with Crippen molar-refractivity contribution in [3.63, 3.8) is 0 Å². The fourth-order valence-corrected chi connectivity index (χ4v) is 9.16. The van der Waals surface area contributed by atoms with Gasteiger partial charge >= 0.3 is 34.8 Å². The quantitative estimate of drug-likeness (QED) is 0.0473. The molecule has 2 unspecified atom stereocenters. The number of phosphoric acid groups is 3. The minimum absolute atomic E-state index is 0.139. The van der Waals surface area contributed by atoms with Gasteiger partial charge in [-0.25, -0.2) is 28.3 Å². The van der Waals surface area contributed by atoms with Crippen LogP contribution in [0.4, 0.5) is 11.8 Å². The van der Waals surface area contributed by atoms with Crippen molar-refractivity contribution in [2.24, 2.45) is 0 Å². The summed E-state index contributed by atoms with van der Waals surface area (Å²) in [5, 5.41) is 33.2. The number of fused-ring (bicyclic) bond motifs is 1. The van der Waals surface area contributed by atoms with Gasteiger partial charge < -0.3 is 60.6 Å². The van der Waals surface area contributed by atoms with Crippen LogP contribution in [-0.4, -0.2) is 142 Å². The van der Waals surface area contributed by atoms with E-state index in [0.717, 1.165) is 27.7 Å². The third-order valence-electron chi connectivity index (χ3n) is 9.85. The summed E-state index contributed by atoms with van der Waals surface area (Å²) >= 11 is 0. The Morgan fingerprint density at radius 3 is 1.95 bits per heavy atom. The number of hydrogen-bond donors (Lipinski definition) is 11. The number of H-pyrrole nitrogens is 2. The van der Waals surface area contributed by atoms with Crippen LogP contribution in [0.1, 0.15) is 30.7 Å². The molecular weight excluding hydrogens is 933 g/mol. The Morgan fingerprint density at radius 2 is 1.36 bits per heavy atom. The van der Waals surface area contributed by atoms with Crippen molar-refractivity contribution in [3.8, 4) is 0 Å². The van der Waals surface area contributed by atoms with Crippen LogP contribution < -0.4 is 34.0 Å². The molecule has 3 fully saturated rings. The lowest BCUT2D eigenvalue weighted by atomic mass is 10.1. The number of nitrogens with zero attached hydrogens (tertiary/aromatic N) is 6. The van der Waals surface area contributed by atoms with E-state index >= 15 is 0 Å². The van der Waals surface area contributed by atoms with E-state index < -0.39 is 133 Å². The van der Waals surface area contributed by atoms with Gasteiger partial charge in [0.15, 0.2) is 23.6 Å². The van der Waals surface area contributed by atoms with Gasteiger partial charge in [-0.15, -0.1) is 0 Å². The number of phosphoric ester groups is 3. The van der Waals surface area contributed by atoms with Crippen LogP contribution in [0, 0.1) is 6.92 Å². The molecule has 4 aromatic heterocycles. The number of aliphatic hydroxyl groups excluding tert-OH is 3. The Labute approximate surface area is 354 Å². The highest BCUT2D eigenvalue weighted by atomic mass is 31.2. The second-order valence-electron chi connectivity index (χ2n) is 14.3. The van der Waals surface area contributed by atoms with E-state index in [4.69, 9.17) is 43.8 Å². The highest BCUT2D eigenvalue weighted by Gasteiger charge is 2.53. The SMILES string of the molecule is Cc1cn([C@H]2C[C@H](O)[C@@H](COP(=O)(O)O[C@H]3[C@@H](O)[C@H](n4ccc(N)nc4=O)O[C@@H]3COP(=O)(O)O[C@H]3[C@@H](O)[C@H](n4cnc5c(=O)[nH]c(N)nc54)O[C@@H]3COP(=O)(O)O)O2)c(=O)[nH]c1=O. The fourth-order valence-electron chi connectivity index (χ4n) is 6.89. The largest absolute Gasteiger partial charge is 0.472 e. The summed E-state index contributed by atoms with van der Waals surface area (Å²) < 4.78 is 83.1. The smallest absolute Gasteiger partial charge is 0.390 e. The maximum Gasteiger partial charge on any atom is 0.472 e. The first-order valence-corrected chi connectivity index (χ1v) is 22.8. The van der Waals surface area contributed by atoms with Gasteiger partial charge in [0.25, 0.3) is 11.1 Å². The van der Waals surface area contributed by atoms with Crippen LogP contribution in [0.5, 0.6) is 0 Å². The average molecular weight is 973 g/mol. The van der Waals surface area contributed by atoms with E-state index in [9.17, 15) is 67.8 Å². The molecule has 0 aromatic carbocycles. The molecular formula is C29H39N10O22P3. The number of aromatic amines is 2. The minimum atomic E-state index is -5.55. The second kappa shape index (κ2) is 18.1. The maximum absolute atomic E-state index is 13.5. The molecule has 32 nitrogen and oxygen atoms in total. The van der Waals surface area contributed by atoms with Crippen molar-refractivity contribution < 1.29 is 85.4 Å². The monoisotopic (exact) mass is 972 g/mol. The molecule has 3 aliphatic heterocycles. The number of ether oxygens (including phenoxy) is 3. The summed E-state index contributed by atoms with van der Waals surface area (Å²) in [5.41, 5.74) is 7.38. The minimum Gasteiger partial charge on any atom is -0.390 e. The van der Waals surface area contributed by atoms with Crippen LogP contribution in [0.3, 0.4) is 0 Å². The summed E-state index contributed by atoms with van der Waals surface area (Å²) in [5.74, 6) is -0.625. The third-order valence-corrected chi connectivity index (χ3v) is 12.3. The van der Waals surface area contributed by atoms with Gasteiger partial charge in [-0.3, -0.25) is 55.9 Å². The van der Waals surface area contributed by atoms with Crippen molar-refractivity contribution in [3.05, 3.63) is 72.0 Å². The molecule has 0 aliphatic carbocycles. The number of hydrogen-bond acceptors (Lipinski definition) is 23. The van der Waals surface area contributed by atoms with Crippen molar-refractivity contribution in [1.82, 2.24) is 38.6 Å². The number of aryl methyl sites for hydroxylation is 1. The molecule has 0 bridgehead atoms. The number of nitrogen functional groups attached to an aromatic ring is 2. The van der Waals surface area contributed by atoms with Gasteiger partial charge in [-0.05, 0) is 13.0 Å². The normalized spacial score (nSPS) is 30.5. The van der Waals surface area contributed by atoms with Crippen LogP contribution >= 0.6 is 23.5 Å². The average Bonchev–Trinajstić information content (AvgIpc) is 3.94. The summed E-state index contributed by atoms with van der Waals surface area (Å²) in [4.78, 5) is 105. The molecule has 13 N–H and O–H groups in total. The first-order valence-electron chi connectivity index (χ1n) is 18.3. The molecule has 0 amide bonds. The molecule has 0 spiro atoms. The van der Waals surface area contributed by atoms with Gasteiger partial charge in [0, 0.05) is 24.4 Å². The maximum atomic E-state index is 13.5. The van der Waals surface area contributed by atoms with Crippen molar-refractivity contribution >= 4 is 46.4 Å². The second-order valence-corrected chi connectivity index (χ2v) is 18.3. The van der Waals surface area contributed by atoms with Crippen molar-refractivity contribution in [2.45, 2.75) is 80.9 Å². The van der Waals surface area contributed by atoms with Crippen LogP contribution in [0.15, 0.2) is 44.0 Å². The number of aromatic nitrogens is 8. The van der Waals surface area contributed by atoms with E-state index in [-0.39, 0.29) is 34.9 Å². The van der Waals surface area contributed by atoms with E-state index in [2.05, 4.69) is 29.4 Å². The first-order chi connectivity index (χ1) is 29.9. The summed E-state index contributed by atoms with van der Waals surface area (Å²) in [7, 11) is -16.2. The standard InChI is InChI=1S/C29H39N10O22P3/c1-10-5-38(29(46)36-23(10)43)16-4-11(40)12(57-16)6-55-63(50,51)61-21-14(58-25(18(21)41)37-3-2-15(30)33-28(37)45)8-56-64(52,53)60-20-13(7-54-62(47,48)49)59-26(19(20)42)39-9-32-17-22(39)34-27(31)35-24(17)44/h2-3,5,9,11-14,16,18-21,25-26,40-42H,4,6-8H2,1H3,(H,50,51)(H,52,53)(H2,30,33,45)(H,36,43,46)(H2,47,48,49)(H3,31,34,35,44)/t11-,12+,13+,14+,16+,18+,19+,20+,21+,25+,26+/m0/s1. The molecule has 3 saturated heterocycles. The lowest BCUT2D eigenvalue weighted by molar-refractivity contribution is -0.0627. The van der Waals surface area contributed by atoms with Crippen LogP contribution in [-0.2, 0) is 50.5 Å². The Hall–Kier alpha value is -4.40. The van der Waals surface area contributed by atoms with Gasteiger partial charge in [0.1, 0.15) is 54.8 Å². The predicted octanol–water partition coefficient (Wildman–Crippen LogP) is -4.32. The summed E-state index contributed by atoms with van der Waals surface area (Å²) in [6, 6.07) is 1.13. The lowest BCUT2D eigenvalue weighted by Crippen LogP contribution is -2.38. The summed E-state index contributed by atoms with van der Waals surface area (Å²) in [6.45, 7) is -1.72. The molecule has 13 atom stereocenters. The number of rotatable bonds is 16. The predicted molar refractivity (Wildman–Crippen MR) is 205 cm³/mol. The molecule has 0 radical (unpaired) electrons. The highest BCUT2D eigenvalue weighted by Crippen LogP contribution is 2.52. The molecule has 64 heavy (non-hydrogen) atoms. The highest BCUT2D eigenvalue weighted by molar-refractivity contribution is 7.47. The first kappa shape index (κ1) is 47.6. The molecule has 0 saturated carbocycles. The van der Waals surface area contributed by atoms with Gasteiger partial charge in [-0.1, -0.05) is 0 Å². The van der Waals surface area contributed by atoms with Gasteiger partial charge in [0.2, 0.25) is 5.95 Å². The number of nitrogens with two attached hydrogens (primary N) is 2. The van der Waals surface area contributed by atoms with E-state index in [1.807, 2.05) is 0 Å². The summed E-state index contributed by atoms with van der Waals surface area (Å²) in [6.07, 6.45) is -16.3. The molecule has 7 heterocycles. The molecule has 35 heteroatoms. The number of imidazole rings is 1. The van der Waals surface area contributed by atoms with Crippen molar-refractivity contribution in [1.29, 1.82) is 0 Å². The van der Waals surface area contributed by atoms with Gasteiger partial charge in [-0.2, -0.15) is 9.97 Å². The molecule has 4 aromatic rings. The zero-order chi connectivity index (χ0) is 46.6. The topological polar surface area (TPSA) is 472 Å². The fraction of sp³-hybridized carbons (Fsp3) is 0.552. The zero-order valence-electron chi connectivity index (χ0n) is 32.4. The molecule has 3 aliphatic rings. The van der Waals surface area contributed by atoms with E-state index in [1.54, 1.807) is 0 Å².